The first-order chi connectivity index (χ1) is 5.17. The molecule has 1 amide bonds. The fourth-order valence-electron chi connectivity index (χ4n) is 0.848. The average Bonchev–Trinajstić information content (AvgIpc) is 2.05. The average molecular weight is 197 g/mol. The van der Waals surface area contributed by atoms with Gasteiger partial charge in [0.15, 0.2) is 0 Å². The van der Waals surface area contributed by atoms with E-state index in [9.17, 15) is 4.79 Å². The predicted octanol–water partition coefficient (Wildman–Crippen LogP) is -0.404. The minimum absolute atomic E-state index is 0. The summed E-state index contributed by atoms with van der Waals surface area (Å²) in [5.41, 5.74) is 5.33. The molecule has 3 N–H and O–H groups in total. The molecular weight excluding hydrogens is 180 g/mol. The largest absolute Gasteiger partial charge is 0.394 e. The third-order valence-electron chi connectivity index (χ3n) is 1.59. The molecule has 0 saturated carbocycles. The van der Waals surface area contributed by atoms with Crippen molar-refractivity contribution in [2.24, 2.45) is 5.73 Å². The van der Waals surface area contributed by atoms with Crippen LogP contribution in [0.2, 0.25) is 0 Å². The van der Waals surface area contributed by atoms with Gasteiger partial charge in [0, 0.05) is 13.1 Å². The lowest BCUT2D eigenvalue weighted by atomic mass is 10.3. The van der Waals surface area contributed by atoms with Gasteiger partial charge in [-0.25, -0.2) is 0 Å². The summed E-state index contributed by atoms with van der Waals surface area (Å²) < 4.78 is 0. The van der Waals surface area contributed by atoms with E-state index in [-0.39, 0.29) is 24.9 Å². The second-order valence-electron chi connectivity index (χ2n) is 2.30. The Morgan fingerprint density at radius 2 is 1.92 bits per heavy atom. The summed E-state index contributed by atoms with van der Waals surface area (Å²) in [5.74, 6) is -0.183. The van der Waals surface area contributed by atoms with Crippen molar-refractivity contribution >= 4 is 18.3 Å². The van der Waals surface area contributed by atoms with Crippen molar-refractivity contribution in [2.45, 2.75) is 19.9 Å². The van der Waals surface area contributed by atoms with Crippen LogP contribution in [-0.2, 0) is 4.79 Å². The first-order valence-corrected chi connectivity index (χ1v) is 3.82. The van der Waals surface area contributed by atoms with Gasteiger partial charge in [0.1, 0.15) is 6.04 Å². The molecule has 0 saturated heterocycles. The van der Waals surface area contributed by atoms with Crippen LogP contribution in [0.1, 0.15) is 13.8 Å². The summed E-state index contributed by atoms with van der Waals surface area (Å²) in [6.07, 6.45) is 0. The maximum Gasteiger partial charge on any atom is 0.241 e. The number of hydrogen-bond acceptors (Lipinski definition) is 3. The zero-order chi connectivity index (χ0) is 8.85. The van der Waals surface area contributed by atoms with Crippen LogP contribution >= 0.6 is 12.4 Å². The molecule has 0 aliphatic carbocycles. The topological polar surface area (TPSA) is 66.6 Å². The second kappa shape index (κ2) is 7.34. The number of hydrogen-bond donors (Lipinski definition) is 2. The number of nitrogens with zero attached hydrogens (tertiary/aromatic N) is 1. The zero-order valence-corrected chi connectivity index (χ0v) is 8.30. The lowest BCUT2D eigenvalue weighted by Gasteiger charge is -2.21. The molecule has 0 aliphatic heterocycles. The van der Waals surface area contributed by atoms with Gasteiger partial charge in [-0.1, -0.05) is 0 Å². The molecule has 0 aromatic rings. The van der Waals surface area contributed by atoms with E-state index in [0.29, 0.717) is 13.1 Å². The quantitative estimate of drug-likeness (QED) is 0.643. The first-order valence-electron chi connectivity index (χ1n) is 3.82. The molecular formula is C7H17ClN2O2. The molecule has 0 rings (SSSR count). The van der Waals surface area contributed by atoms with Crippen LogP contribution in [0, 0.1) is 0 Å². The minimum atomic E-state index is -0.755. The van der Waals surface area contributed by atoms with Gasteiger partial charge in [0.05, 0.1) is 6.61 Å². The van der Waals surface area contributed by atoms with Gasteiger partial charge >= 0.3 is 0 Å². The fraction of sp³-hybridized carbons (Fsp3) is 0.857. The highest BCUT2D eigenvalue weighted by atomic mass is 35.5. The van der Waals surface area contributed by atoms with Crippen LogP contribution < -0.4 is 5.73 Å². The van der Waals surface area contributed by atoms with E-state index in [4.69, 9.17) is 10.8 Å². The van der Waals surface area contributed by atoms with E-state index in [2.05, 4.69) is 0 Å². The molecule has 5 heteroatoms. The molecule has 0 aromatic carbocycles. The molecule has 12 heavy (non-hydrogen) atoms. The van der Waals surface area contributed by atoms with Crippen molar-refractivity contribution in [3.05, 3.63) is 0 Å². The van der Waals surface area contributed by atoms with Crippen LogP contribution in [0.4, 0.5) is 0 Å². The first kappa shape index (κ1) is 14.2. The maximum atomic E-state index is 11.2. The Bertz CT molecular complexity index is 129. The van der Waals surface area contributed by atoms with E-state index in [1.807, 2.05) is 13.8 Å². The van der Waals surface area contributed by atoms with Gasteiger partial charge < -0.3 is 15.7 Å². The van der Waals surface area contributed by atoms with Crippen molar-refractivity contribution in [1.29, 1.82) is 0 Å². The Kier molecular flexibility index (Phi) is 8.69. The van der Waals surface area contributed by atoms with Crippen LogP contribution in [0.5, 0.6) is 0 Å². The Balaban J connectivity index is 0. The maximum absolute atomic E-state index is 11.2. The number of aliphatic hydroxyl groups is 1. The number of carbonyl (C=O) groups excluding carboxylic acids is 1. The highest BCUT2D eigenvalue weighted by Crippen LogP contribution is 1.91. The van der Waals surface area contributed by atoms with Gasteiger partial charge in [0.25, 0.3) is 0 Å². The van der Waals surface area contributed by atoms with E-state index in [1.165, 1.54) is 0 Å². The molecule has 0 aromatic heterocycles. The number of aliphatic hydroxyl groups excluding tert-OH is 1. The summed E-state index contributed by atoms with van der Waals surface area (Å²) >= 11 is 0. The van der Waals surface area contributed by atoms with Crippen LogP contribution in [0.15, 0.2) is 0 Å². The summed E-state index contributed by atoms with van der Waals surface area (Å²) in [7, 11) is 0. The van der Waals surface area contributed by atoms with Crippen LogP contribution in [0.3, 0.4) is 0 Å². The van der Waals surface area contributed by atoms with Crippen molar-refractivity contribution < 1.29 is 9.90 Å². The van der Waals surface area contributed by atoms with Gasteiger partial charge in [-0.3, -0.25) is 4.79 Å². The fourth-order valence-corrected chi connectivity index (χ4v) is 0.848. The molecule has 0 bridgehead atoms. The normalized spacial score (nSPS) is 11.7. The number of amides is 1. The van der Waals surface area contributed by atoms with Gasteiger partial charge in [-0.05, 0) is 13.8 Å². The zero-order valence-electron chi connectivity index (χ0n) is 7.49. The lowest BCUT2D eigenvalue weighted by molar-refractivity contribution is -0.133. The molecule has 4 nitrogen and oxygen atoms in total. The molecule has 0 spiro atoms. The number of likely N-dealkylation sites (N-methyl/N-ethyl adjacent to an activating group) is 1. The Morgan fingerprint density at radius 3 is 2.17 bits per heavy atom. The van der Waals surface area contributed by atoms with E-state index in [0.717, 1.165) is 0 Å². The van der Waals surface area contributed by atoms with Gasteiger partial charge in [0.2, 0.25) is 5.91 Å². The number of nitrogens with two attached hydrogens (primary N) is 1. The second-order valence-corrected chi connectivity index (χ2v) is 2.30. The third kappa shape index (κ3) is 3.90. The molecule has 0 aliphatic rings. The predicted molar refractivity (Wildman–Crippen MR) is 50.2 cm³/mol. The summed E-state index contributed by atoms with van der Waals surface area (Å²) in [6, 6.07) is -0.755. The monoisotopic (exact) mass is 196 g/mol. The van der Waals surface area contributed by atoms with E-state index < -0.39 is 6.04 Å². The standard InChI is InChI=1S/C7H16N2O2.ClH/c1-3-9(4-2)7(11)6(8)5-10;/h6,10H,3-5,8H2,1-2H3;1H/t6-;/m0./s1. The van der Waals surface area contributed by atoms with Crippen molar-refractivity contribution in [3.8, 4) is 0 Å². The Morgan fingerprint density at radius 1 is 1.50 bits per heavy atom. The smallest absolute Gasteiger partial charge is 0.241 e. The number of halogens is 1. The Hall–Kier alpha value is -0.320. The van der Waals surface area contributed by atoms with Gasteiger partial charge in [-0.15, -0.1) is 12.4 Å². The minimum Gasteiger partial charge on any atom is -0.394 e. The molecule has 1 atom stereocenters. The van der Waals surface area contributed by atoms with Crippen LogP contribution in [-0.4, -0.2) is 41.7 Å². The molecule has 0 fully saturated rings. The molecule has 0 unspecified atom stereocenters. The van der Waals surface area contributed by atoms with Crippen molar-refractivity contribution in [2.75, 3.05) is 19.7 Å². The van der Waals surface area contributed by atoms with E-state index in [1.54, 1.807) is 4.90 Å². The summed E-state index contributed by atoms with van der Waals surface area (Å²) in [5, 5.41) is 8.57. The molecule has 74 valence electrons. The number of carbonyl (C=O) groups is 1. The van der Waals surface area contributed by atoms with Crippen molar-refractivity contribution in [3.63, 3.8) is 0 Å². The highest BCUT2D eigenvalue weighted by molar-refractivity contribution is 5.85. The van der Waals surface area contributed by atoms with Crippen LogP contribution in [0.25, 0.3) is 0 Å². The lowest BCUT2D eigenvalue weighted by Crippen LogP contribution is -2.45. The molecule has 0 radical (unpaired) electrons. The highest BCUT2D eigenvalue weighted by Gasteiger charge is 2.16. The summed E-state index contributed by atoms with van der Waals surface area (Å²) in [6.45, 7) is 4.76. The summed E-state index contributed by atoms with van der Waals surface area (Å²) in [4.78, 5) is 12.8. The van der Waals surface area contributed by atoms with Crippen molar-refractivity contribution in [1.82, 2.24) is 4.90 Å². The Labute approximate surface area is 79.1 Å². The SMILES string of the molecule is CCN(CC)C(=O)[C@@H](N)CO.Cl. The third-order valence-corrected chi connectivity index (χ3v) is 1.59. The van der Waals surface area contributed by atoms with E-state index >= 15 is 0 Å². The molecule has 0 heterocycles. The number of rotatable bonds is 4. The van der Waals surface area contributed by atoms with Gasteiger partial charge in [-0.2, -0.15) is 0 Å².